The van der Waals surface area contributed by atoms with Gasteiger partial charge in [0.25, 0.3) is 0 Å². The van der Waals surface area contributed by atoms with E-state index in [2.05, 4.69) is 13.0 Å². The predicted octanol–water partition coefficient (Wildman–Crippen LogP) is 9.51. The lowest BCUT2D eigenvalue weighted by molar-refractivity contribution is 0.113. The van der Waals surface area contributed by atoms with Crippen molar-refractivity contribution < 1.29 is 8.78 Å². The van der Waals surface area contributed by atoms with Crippen LogP contribution in [0.2, 0.25) is 0 Å². The monoisotopic (exact) mass is 438 g/mol. The third-order valence-electron chi connectivity index (χ3n) is 8.34. The fourth-order valence-electron chi connectivity index (χ4n) is 6.48. The maximum absolute atomic E-state index is 15.0. The van der Waals surface area contributed by atoms with E-state index in [0.29, 0.717) is 23.3 Å². The fraction of sp³-hybridized carbons (Fsp3) is 0.600. The summed E-state index contributed by atoms with van der Waals surface area (Å²) < 4.78 is 29.7. The molecule has 0 amide bonds. The molecule has 4 atom stereocenters. The first-order valence-electron chi connectivity index (χ1n) is 13.1. The summed E-state index contributed by atoms with van der Waals surface area (Å²) in [5, 5.41) is 1.28. The average molecular weight is 439 g/mol. The molecule has 4 rings (SSSR count). The molecule has 0 aliphatic heterocycles. The third-order valence-corrected chi connectivity index (χ3v) is 8.34. The summed E-state index contributed by atoms with van der Waals surface area (Å²) in [4.78, 5) is 0. The van der Waals surface area contributed by atoms with E-state index < -0.39 is 11.6 Å². The molecule has 0 bridgehead atoms. The van der Waals surface area contributed by atoms with Crippen molar-refractivity contribution in [3.8, 4) is 0 Å². The van der Waals surface area contributed by atoms with Gasteiger partial charge in [0.15, 0.2) is 11.6 Å². The van der Waals surface area contributed by atoms with E-state index in [1.807, 2.05) is 37.3 Å². The van der Waals surface area contributed by atoms with Crippen LogP contribution in [0.3, 0.4) is 0 Å². The maximum Gasteiger partial charge on any atom is 0.166 e. The highest BCUT2D eigenvalue weighted by Gasteiger charge is 2.35. The number of aryl methyl sites for hydroxylation is 1. The summed E-state index contributed by atoms with van der Waals surface area (Å²) in [6.45, 7) is 4.24. The Morgan fingerprint density at radius 1 is 0.938 bits per heavy atom. The molecule has 0 heterocycles. The van der Waals surface area contributed by atoms with Gasteiger partial charge in [0.1, 0.15) is 0 Å². The quantitative estimate of drug-likeness (QED) is 0.284. The molecule has 2 aliphatic rings. The second-order valence-corrected chi connectivity index (χ2v) is 10.5. The Morgan fingerprint density at radius 2 is 1.75 bits per heavy atom. The van der Waals surface area contributed by atoms with Crippen LogP contribution in [-0.4, -0.2) is 0 Å². The van der Waals surface area contributed by atoms with Gasteiger partial charge in [-0.2, -0.15) is 0 Å². The summed E-state index contributed by atoms with van der Waals surface area (Å²) in [5.41, 5.74) is 1.69. The van der Waals surface area contributed by atoms with E-state index in [1.54, 1.807) is 0 Å². The highest BCUT2D eigenvalue weighted by Crippen LogP contribution is 2.48. The molecule has 0 spiro atoms. The molecule has 2 aromatic carbocycles. The van der Waals surface area contributed by atoms with Crippen LogP contribution in [0, 0.1) is 29.4 Å². The van der Waals surface area contributed by atoms with Crippen molar-refractivity contribution >= 4 is 10.8 Å². The Bertz CT molecular complexity index is 928. The average Bonchev–Trinajstić information content (AvgIpc) is 2.82. The molecule has 2 saturated carbocycles. The van der Waals surface area contributed by atoms with Crippen LogP contribution >= 0.6 is 0 Å². The highest BCUT2D eigenvalue weighted by molar-refractivity contribution is 5.85. The van der Waals surface area contributed by atoms with Crippen LogP contribution in [-0.2, 0) is 6.42 Å². The van der Waals surface area contributed by atoms with Gasteiger partial charge in [-0.1, -0.05) is 63.3 Å². The summed E-state index contributed by atoms with van der Waals surface area (Å²) >= 11 is 0. The first-order valence-corrected chi connectivity index (χ1v) is 13.1. The summed E-state index contributed by atoms with van der Waals surface area (Å²) in [6, 6.07) is 7.99. The Labute approximate surface area is 193 Å². The second kappa shape index (κ2) is 10.9. The zero-order valence-corrected chi connectivity index (χ0v) is 20.0. The van der Waals surface area contributed by atoms with Crippen molar-refractivity contribution in [2.75, 3.05) is 0 Å². The normalized spacial score (nSPS) is 26.0. The van der Waals surface area contributed by atoms with Crippen molar-refractivity contribution in [2.45, 2.75) is 96.8 Å². The van der Waals surface area contributed by atoms with Gasteiger partial charge in [0, 0.05) is 5.39 Å². The molecule has 0 nitrogen and oxygen atoms in total. The number of rotatable bonds is 8. The molecule has 0 N–H and O–H groups in total. The van der Waals surface area contributed by atoms with Gasteiger partial charge in [-0.15, -0.1) is 0 Å². The van der Waals surface area contributed by atoms with Gasteiger partial charge in [0.2, 0.25) is 0 Å². The van der Waals surface area contributed by atoms with Gasteiger partial charge in [0.05, 0.1) is 0 Å². The standard InChI is InChI=1S/C30H40F2/c1-3-5-7-9-21-11-12-23-18-24(14-13-22(23)17-21)25-15-16-26-19-27(10-8-6-4-2)29(31)30(32)28(26)20-25/h4,6,15-16,19-24H,3,5,7-14,17-18H2,1-2H3/b6-4+/t21?,22-,23?,24-/m1/s1. The number of hydrogen-bond donors (Lipinski definition) is 0. The van der Waals surface area contributed by atoms with E-state index in [0.717, 1.165) is 29.6 Å². The Hall–Kier alpha value is -1.70. The van der Waals surface area contributed by atoms with E-state index >= 15 is 0 Å². The van der Waals surface area contributed by atoms with Gasteiger partial charge in [-0.3, -0.25) is 0 Å². The molecule has 0 aromatic heterocycles. The maximum atomic E-state index is 15.0. The van der Waals surface area contributed by atoms with E-state index in [1.165, 1.54) is 69.8 Å². The van der Waals surface area contributed by atoms with Crippen LogP contribution in [0.15, 0.2) is 36.4 Å². The number of allylic oxidation sites excluding steroid dienone is 2. The topological polar surface area (TPSA) is 0 Å². The summed E-state index contributed by atoms with van der Waals surface area (Å²) in [6.07, 6.45) is 18.7. The lowest BCUT2D eigenvalue weighted by Crippen LogP contribution is -2.30. The minimum Gasteiger partial charge on any atom is -0.203 e. The van der Waals surface area contributed by atoms with Gasteiger partial charge < -0.3 is 0 Å². The van der Waals surface area contributed by atoms with Crippen LogP contribution in [0.1, 0.15) is 102 Å². The van der Waals surface area contributed by atoms with Crippen LogP contribution < -0.4 is 0 Å². The fourth-order valence-corrected chi connectivity index (χ4v) is 6.48. The number of fused-ring (bicyclic) bond motifs is 2. The first-order chi connectivity index (χ1) is 15.6. The van der Waals surface area contributed by atoms with Gasteiger partial charge in [-0.05, 0) is 104 Å². The molecule has 2 fully saturated rings. The second-order valence-electron chi connectivity index (χ2n) is 10.5. The minimum atomic E-state index is -0.666. The van der Waals surface area contributed by atoms with E-state index in [4.69, 9.17) is 0 Å². The zero-order chi connectivity index (χ0) is 22.5. The predicted molar refractivity (Wildman–Crippen MR) is 132 cm³/mol. The summed E-state index contributed by atoms with van der Waals surface area (Å²) in [7, 11) is 0. The molecular formula is C30H40F2. The SMILES string of the molecule is C/C=C/CCc1cc2ccc([C@@H]3CC[C@@H]4CC(CCCCC)CCC4C3)cc2c(F)c1F. The minimum absolute atomic E-state index is 0.455. The molecule has 0 saturated heterocycles. The summed E-state index contributed by atoms with van der Waals surface area (Å²) in [5.74, 6) is 1.82. The lowest BCUT2D eigenvalue weighted by atomic mass is 9.63. The van der Waals surface area contributed by atoms with Crippen LogP contribution in [0.5, 0.6) is 0 Å². The van der Waals surface area contributed by atoms with Gasteiger partial charge in [-0.25, -0.2) is 8.78 Å². The molecule has 32 heavy (non-hydrogen) atoms. The lowest BCUT2D eigenvalue weighted by Gasteiger charge is -2.42. The van der Waals surface area contributed by atoms with Crippen molar-refractivity contribution in [3.05, 3.63) is 59.2 Å². The molecule has 2 aliphatic carbocycles. The van der Waals surface area contributed by atoms with Crippen molar-refractivity contribution in [1.82, 2.24) is 0 Å². The molecular weight excluding hydrogens is 398 g/mol. The first kappa shape index (κ1) is 23.5. The molecule has 2 aromatic rings. The number of hydrogen-bond acceptors (Lipinski definition) is 0. The van der Waals surface area contributed by atoms with E-state index in [9.17, 15) is 8.78 Å². The zero-order valence-electron chi connectivity index (χ0n) is 20.0. The highest BCUT2D eigenvalue weighted by atomic mass is 19.2. The number of halogens is 2. The van der Waals surface area contributed by atoms with Crippen LogP contribution in [0.4, 0.5) is 8.78 Å². The Kier molecular flexibility index (Phi) is 8.02. The van der Waals surface area contributed by atoms with Crippen LogP contribution in [0.25, 0.3) is 10.8 Å². The van der Waals surface area contributed by atoms with Crippen molar-refractivity contribution in [1.29, 1.82) is 0 Å². The van der Waals surface area contributed by atoms with Crippen molar-refractivity contribution in [3.63, 3.8) is 0 Å². The molecule has 0 radical (unpaired) electrons. The molecule has 2 heteroatoms. The van der Waals surface area contributed by atoms with E-state index in [-0.39, 0.29) is 0 Å². The van der Waals surface area contributed by atoms with Crippen molar-refractivity contribution in [2.24, 2.45) is 17.8 Å². The van der Waals surface area contributed by atoms with Gasteiger partial charge >= 0.3 is 0 Å². The Morgan fingerprint density at radius 3 is 2.56 bits per heavy atom. The Balaban J connectivity index is 1.44. The molecule has 2 unspecified atom stereocenters. The third kappa shape index (κ3) is 5.26. The largest absolute Gasteiger partial charge is 0.203 e. The number of benzene rings is 2. The smallest absolute Gasteiger partial charge is 0.166 e. The number of unbranched alkanes of at least 4 members (excludes halogenated alkanes) is 2. The molecule has 174 valence electrons.